The first kappa shape index (κ1) is 23.1. The molecule has 1 aromatic carbocycles. The number of ether oxygens (including phenoxy) is 1. The van der Waals surface area contributed by atoms with Crippen LogP contribution in [0.15, 0.2) is 35.6 Å². The topological polar surface area (TPSA) is 63.5 Å². The van der Waals surface area contributed by atoms with Crippen LogP contribution in [0.5, 0.6) is 5.75 Å². The van der Waals surface area contributed by atoms with E-state index >= 15 is 0 Å². The molecule has 2 rings (SSSR count). The lowest BCUT2D eigenvalue weighted by Gasteiger charge is -2.13. The van der Waals surface area contributed by atoms with Crippen molar-refractivity contribution in [2.45, 2.75) is 40.4 Å². The SMILES string of the molecule is CCNC(=NCc1ccc(C)cc1OCC)NCc1nccn1C(F)F.I. The number of nitrogens with zero attached hydrogens (tertiary/aromatic N) is 3. The Balaban J connectivity index is 0.00000364. The van der Waals surface area contributed by atoms with Crippen molar-refractivity contribution < 1.29 is 13.5 Å². The average Bonchev–Trinajstić information content (AvgIpc) is 3.08. The number of alkyl halides is 2. The minimum atomic E-state index is -2.62. The Hall–Kier alpha value is -1.91. The van der Waals surface area contributed by atoms with Crippen LogP contribution in [0.3, 0.4) is 0 Å². The van der Waals surface area contributed by atoms with Crippen molar-refractivity contribution in [1.82, 2.24) is 20.2 Å². The normalized spacial score (nSPS) is 11.3. The van der Waals surface area contributed by atoms with Gasteiger partial charge >= 0.3 is 6.55 Å². The van der Waals surface area contributed by atoms with Gasteiger partial charge in [0.1, 0.15) is 11.6 Å². The lowest BCUT2D eigenvalue weighted by Crippen LogP contribution is -2.37. The van der Waals surface area contributed by atoms with Gasteiger partial charge in [-0.25, -0.2) is 9.98 Å². The van der Waals surface area contributed by atoms with E-state index in [0.717, 1.165) is 21.4 Å². The van der Waals surface area contributed by atoms with Gasteiger partial charge in [-0.1, -0.05) is 12.1 Å². The Morgan fingerprint density at radius 1 is 1.30 bits per heavy atom. The number of halogens is 3. The summed E-state index contributed by atoms with van der Waals surface area (Å²) in [5.74, 6) is 1.58. The third-order valence-electron chi connectivity index (χ3n) is 3.65. The summed E-state index contributed by atoms with van der Waals surface area (Å²) >= 11 is 0. The number of benzene rings is 1. The highest BCUT2D eigenvalue weighted by Gasteiger charge is 2.11. The third kappa shape index (κ3) is 6.96. The van der Waals surface area contributed by atoms with Crippen LogP contribution in [0, 0.1) is 6.92 Å². The number of imidazole rings is 1. The van der Waals surface area contributed by atoms with Crippen molar-refractivity contribution in [3.8, 4) is 5.75 Å². The summed E-state index contributed by atoms with van der Waals surface area (Å²) in [5, 5.41) is 6.13. The molecule has 6 nitrogen and oxygen atoms in total. The van der Waals surface area contributed by atoms with Crippen LogP contribution in [-0.4, -0.2) is 28.7 Å². The molecule has 0 saturated heterocycles. The minimum absolute atomic E-state index is 0. The Labute approximate surface area is 175 Å². The van der Waals surface area contributed by atoms with Crippen LogP contribution in [0.4, 0.5) is 8.78 Å². The van der Waals surface area contributed by atoms with Gasteiger partial charge in [0.05, 0.1) is 19.7 Å². The fourth-order valence-electron chi connectivity index (χ4n) is 2.41. The molecule has 1 aromatic heterocycles. The molecular formula is C18H26F2IN5O. The predicted octanol–water partition coefficient (Wildman–Crippen LogP) is 3.86. The third-order valence-corrected chi connectivity index (χ3v) is 3.65. The minimum Gasteiger partial charge on any atom is -0.494 e. The number of rotatable bonds is 8. The zero-order chi connectivity index (χ0) is 18.9. The van der Waals surface area contributed by atoms with E-state index in [9.17, 15) is 8.78 Å². The Morgan fingerprint density at radius 2 is 2.07 bits per heavy atom. The first-order valence-corrected chi connectivity index (χ1v) is 8.59. The molecule has 0 aliphatic rings. The van der Waals surface area contributed by atoms with E-state index in [2.05, 4.69) is 20.6 Å². The monoisotopic (exact) mass is 493 g/mol. The zero-order valence-corrected chi connectivity index (χ0v) is 18.0. The predicted molar refractivity (Wildman–Crippen MR) is 113 cm³/mol. The first-order chi connectivity index (χ1) is 12.5. The zero-order valence-electron chi connectivity index (χ0n) is 15.7. The molecule has 2 aromatic rings. The molecule has 0 aliphatic carbocycles. The quantitative estimate of drug-likeness (QED) is 0.333. The summed E-state index contributed by atoms with van der Waals surface area (Å²) in [6.45, 7) is 5.06. The molecule has 0 saturated carbocycles. The average molecular weight is 493 g/mol. The molecule has 2 N–H and O–H groups in total. The summed E-state index contributed by atoms with van der Waals surface area (Å²) in [6.07, 6.45) is 2.61. The Kier molecular flexibility index (Phi) is 10.0. The van der Waals surface area contributed by atoms with Crippen molar-refractivity contribution in [1.29, 1.82) is 0 Å². The second-order valence-corrected chi connectivity index (χ2v) is 5.62. The molecular weight excluding hydrogens is 467 g/mol. The number of aryl methyl sites for hydroxylation is 1. The van der Waals surface area contributed by atoms with E-state index in [1.807, 2.05) is 39.0 Å². The molecule has 0 unspecified atom stereocenters. The van der Waals surface area contributed by atoms with Gasteiger partial charge in [-0.2, -0.15) is 8.78 Å². The van der Waals surface area contributed by atoms with Crippen molar-refractivity contribution >= 4 is 29.9 Å². The maximum Gasteiger partial charge on any atom is 0.319 e. The van der Waals surface area contributed by atoms with Crippen LogP contribution in [-0.2, 0) is 13.1 Å². The number of guanidine groups is 1. The van der Waals surface area contributed by atoms with E-state index in [1.54, 1.807) is 0 Å². The van der Waals surface area contributed by atoms with Crippen LogP contribution in [0.1, 0.15) is 37.3 Å². The second-order valence-electron chi connectivity index (χ2n) is 5.62. The van der Waals surface area contributed by atoms with Gasteiger partial charge in [0.15, 0.2) is 5.96 Å². The summed E-state index contributed by atoms with van der Waals surface area (Å²) in [5.41, 5.74) is 2.08. The maximum atomic E-state index is 12.9. The molecule has 0 atom stereocenters. The molecule has 0 bridgehead atoms. The maximum absolute atomic E-state index is 12.9. The summed E-state index contributed by atoms with van der Waals surface area (Å²) in [4.78, 5) is 8.47. The molecule has 9 heteroatoms. The molecule has 0 fully saturated rings. The van der Waals surface area contributed by atoms with Crippen molar-refractivity contribution in [3.05, 3.63) is 47.5 Å². The molecule has 27 heavy (non-hydrogen) atoms. The lowest BCUT2D eigenvalue weighted by atomic mass is 10.1. The molecule has 0 aliphatic heterocycles. The van der Waals surface area contributed by atoms with E-state index in [-0.39, 0.29) is 36.3 Å². The van der Waals surface area contributed by atoms with Crippen LogP contribution < -0.4 is 15.4 Å². The molecule has 150 valence electrons. The van der Waals surface area contributed by atoms with Crippen LogP contribution >= 0.6 is 24.0 Å². The highest BCUT2D eigenvalue weighted by Crippen LogP contribution is 2.21. The lowest BCUT2D eigenvalue weighted by molar-refractivity contribution is 0.0668. The standard InChI is InChI=1S/C18H25F2N5O.HI/c1-4-21-18(24-12-16-22-8-9-25(16)17(19)20)23-11-14-7-6-13(3)10-15(14)26-5-2;/h6-10,17H,4-5,11-12H2,1-3H3,(H2,21,23,24);1H. The highest BCUT2D eigenvalue weighted by atomic mass is 127. The van der Waals surface area contributed by atoms with Gasteiger partial charge in [0.25, 0.3) is 0 Å². The van der Waals surface area contributed by atoms with Crippen molar-refractivity contribution in [3.63, 3.8) is 0 Å². The van der Waals surface area contributed by atoms with E-state index in [0.29, 0.717) is 25.7 Å². The molecule has 1 heterocycles. The van der Waals surface area contributed by atoms with E-state index < -0.39 is 6.55 Å². The first-order valence-electron chi connectivity index (χ1n) is 8.59. The van der Waals surface area contributed by atoms with Crippen LogP contribution in [0.2, 0.25) is 0 Å². The number of nitrogens with one attached hydrogen (secondary N) is 2. The van der Waals surface area contributed by atoms with Gasteiger partial charge < -0.3 is 15.4 Å². The molecule has 0 amide bonds. The van der Waals surface area contributed by atoms with Gasteiger partial charge in [-0.05, 0) is 32.4 Å². The smallest absolute Gasteiger partial charge is 0.319 e. The Morgan fingerprint density at radius 3 is 2.74 bits per heavy atom. The van der Waals surface area contributed by atoms with E-state index in [1.165, 1.54) is 12.4 Å². The highest BCUT2D eigenvalue weighted by molar-refractivity contribution is 14.0. The van der Waals surface area contributed by atoms with E-state index in [4.69, 9.17) is 4.74 Å². The number of aliphatic imine (C=N–C) groups is 1. The van der Waals surface area contributed by atoms with Crippen LogP contribution in [0.25, 0.3) is 0 Å². The second kappa shape index (κ2) is 11.7. The molecule has 0 radical (unpaired) electrons. The number of aromatic nitrogens is 2. The van der Waals surface area contributed by atoms with Gasteiger partial charge in [0, 0.05) is 24.5 Å². The number of hydrogen-bond acceptors (Lipinski definition) is 3. The Bertz CT molecular complexity index is 736. The summed E-state index contributed by atoms with van der Waals surface area (Å²) in [7, 11) is 0. The fourth-order valence-corrected chi connectivity index (χ4v) is 2.41. The summed E-state index contributed by atoms with van der Waals surface area (Å²) in [6, 6.07) is 5.97. The van der Waals surface area contributed by atoms with Crippen molar-refractivity contribution in [2.75, 3.05) is 13.2 Å². The van der Waals surface area contributed by atoms with Gasteiger partial charge in [0.2, 0.25) is 0 Å². The largest absolute Gasteiger partial charge is 0.494 e. The molecule has 0 spiro atoms. The van der Waals surface area contributed by atoms with Crippen molar-refractivity contribution in [2.24, 2.45) is 4.99 Å². The summed E-state index contributed by atoms with van der Waals surface area (Å²) < 4.78 is 32.3. The number of hydrogen-bond donors (Lipinski definition) is 2. The fraction of sp³-hybridized carbons (Fsp3) is 0.444. The van der Waals surface area contributed by atoms with Gasteiger partial charge in [-0.15, -0.1) is 24.0 Å². The van der Waals surface area contributed by atoms with Gasteiger partial charge in [-0.3, -0.25) is 4.57 Å².